The lowest BCUT2D eigenvalue weighted by molar-refractivity contribution is 0.728. The summed E-state index contributed by atoms with van der Waals surface area (Å²) in [6, 6.07) is 2.36. The number of halogens is 1. The first-order valence-corrected chi connectivity index (χ1v) is 4.68. The zero-order valence-corrected chi connectivity index (χ0v) is 8.47. The molecule has 0 fully saturated rings. The van der Waals surface area contributed by atoms with Crippen LogP contribution in [0.5, 0.6) is 0 Å². The molecule has 13 heavy (non-hydrogen) atoms. The van der Waals surface area contributed by atoms with Crippen molar-refractivity contribution < 1.29 is 0 Å². The molecular formula is C9H12ClN3. The molecule has 1 aliphatic rings. The second kappa shape index (κ2) is 3.07. The van der Waals surface area contributed by atoms with Crippen LogP contribution in [-0.4, -0.2) is 24.6 Å². The molecule has 2 rings (SSSR count). The monoisotopic (exact) mass is 197 g/mol. The van der Waals surface area contributed by atoms with Gasteiger partial charge < -0.3 is 10.2 Å². The lowest BCUT2D eigenvalue weighted by Gasteiger charge is -2.31. The molecule has 0 spiro atoms. The zero-order valence-electron chi connectivity index (χ0n) is 7.71. The summed E-state index contributed by atoms with van der Waals surface area (Å²) in [7, 11) is 2.04. The Bertz CT molecular complexity index is 327. The highest BCUT2D eigenvalue weighted by molar-refractivity contribution is 6.30. The number of hydrogen-bond donors (Lipinski definition) is 1. The number of nitrogens with one attached hydrogen (secondary N) is 1. The maximum Gasteiger partial charge on any atom is 0.151 e. The Kier molecular flexibility index (Phi) is 2.04. The molecule has 0 aliphatic carbocycles. The summed E-state index contributed by atoms with van der Waals surface area (Å²) in [6.07, 6.45) is 1.68. The van der Waals surface area contributed by atoms with Crippen molar-refractivity contribution in [2.45, 2.75) is 13.0 Å². The maximum atomic E-state index is 5.85. The average Bonchev–Trinajstić information content (AvgIpc) is 2.02. The van der Waals surface area contributed by atoms with E-state index < -0.39 is 0 Å². The number of rotatable bonds is 0. The van der Waals surface area contributed by atoms with Crippen LogP contribution in [0.25, 0.3) is 0 Å². The van der Waals surface area contributed by atoms with Crippen LogP contribution in [0.15, 0.2) is 12.3 Å². The Hall–Kier alpha value is -0.960. The first-order chi connectivity index (χ1) is 6.16. The van der Waals surface area contributed by atoms with Crippen molar-refractivity contribution in [2.75, 3.05) is 23.8 Å². The van der Waals surface area contributed by atoms with Crippen LogP contribution in [0.2, 0.25) is 5.02 Å². The number of anilines is 2. The van der Waals surface area contributed by atoms with Crippen molar-refractivity contribution in [1.82, 2.24) is 4.98 Å². The predicted octanol–water partition coefficient (Wildman–Crippen LogP) is 1.99. The van der Waals surface area contributed by atoms with Gasteiger partial charge in [0.25, 0.3) is 0 Å². The molecule has 1 atom stereocenters. The van der Waals surface area contributed by atoms with Crippen molar-refractivity contribution in [2.24, 2.45) is 0 Å². The Labute approximate surface area is 82.7 Å². The van der Waals surface area contributed by atoms with Gasteiger partial charge in [0.2, 0.25) is 0 Å². The van der Waals surface area contributed by atoms with Gasteiger partial charge in [-0.2, -0.15) is 0 Å². The molecule has 0 radical (unpaired) electrons. The molecule has 0 saturated heterocycles. The van der Waals surface area contributed by atoms with Crippen LogP contribution in [0, 0.1) is 0 Å². The molecule has 1 N–H and O–H groups in total. The zero-order chi connectivity index (χ0) is 9.42. The summed E-state index contributed by atoms with van der Waals surface area (Å²) >= 11 is 5.85. The molecular weight excluding hydrogens is 186 g/mol. The lowest BCUT2D eigenvalue weighted by atomic mass is 10.2. The van der Waals surface area contributed by atoms with E-state index in [2.05, 4.69) is 22.1 Å². The van der Waals surface area contributed by atoms with Crippen LogP contribution < -0.4 is 10.2 Å². The van der Waals surface area contributed by atoms with E-state index in [1.807, 2.05) is 13.1 Å². The molecule has 0 amide bonds. The highest BCUT2D eigenvalue weighted by atomic mass is 35.5. The molecule has 70 valence electrons. The van der Waals surface area contributed by atoms with Gasteiger partial charge in [-0.15, -0.1) is 0 Å². The fraction of sp³-hybridized carbons (Fsp3) is 0.444. The maximum absolute atomic E-state index is 5.85. The number of fused-ring (bicyclic) bond motifs is 1. The molecule has 1 aromatic heterocycles. The van der Waals surface area contributed by atoms with Crippen LogP contribution >= 0.6 is 11.6 Å². The third-order valence-corrected chi connectivity index (χ3v) is 2.35. The first kappa shape index (κ1) is 8.63. The van der Waals surface area contributed by atoms with E-state index in [9.17, 15) is 0 Å². The molecule has 3 nitrogen and oxygen atoms in total. The fourth-order valence-corrected chi connectivity index (χ4v) is 1.81. The van der Waals surface area contributed by atoms with E-state index in [1.54, 1.807) is 6.20 Å². The second-order valence-electron chi connectivity index (χ2n) is 3.45. The van der Waals surface area contributed by atoms with Gasteiger partial charge in [0.05, 0.1) is 10.7 Å². The predicted molar refractivity (Wildman–Crippen MR) is 55.6 cm³/mol. The van der Waals surface area contributed by atoms with Gasteiger partial charge in [0.1, 0.15) is 0 Å². The van der Waals surface area contributed by atoms with Crippen molar-refractivity contribution in [3.63, 3.8) is 0 Å². The quantitative estimate of drug-likeness (QED) is 0.690. The van der Waals surface area contributed by atoms with E-state index in [-0.39, 0.29) is 0 Å². The van der Waals surface area contributed by atoms with Crippen LogP contribution in [-0.2, 0) is 0 Å². The molecule has 2 heterocycles. The molecule has 0 saturated carbocycles. The molecule has 1 aromatic rings. The van der Waals surface area contributed by atoms with Gasteiger partial charge in [0.15, 0.2) is 5.82 Å². The number of aromatic nitrogens is 1. The molecule has 1 unspecified atom stereocenters. The summed E-state index contributed by atoms with van der Waals surface area (Å²) in [4.78, 5) is 6.40. The van der Waals surface area contributed by atoms with Gasteiger partial charge in [0, 0.05) is 25.8 Å². The van der Waals surface area contributed by atoms with Gasteiger partial charge in [-0.3, -0.25) is 0 Å². The minimum atomic E-state index is 0.442. The standard InChI is InChI=1S/C9H12ClN3/c1-6-5-13(2)9-8(12-6)3-7(10)4-11-9/h3-4,6,12H,5H2,1-2H3. The summed E-state index contributed by atoms with van der Waals surface area (Å²) in [6.45, 7) is 3.11. The highest BCUT2D eigenvalue weighted by Crippen LogP contribution is 2.29. The van der Waals surface area contributed by atoms with Crippen molar-refractivity contribution >= 4 is 23.1 Å². The SMILES string of the molecule is CC1CN(C)c2ncc(Cl)cc2N1. The largest absolute Gasteiger partial charge is 0.378 e. The minimum Gasteiger partial charge on any atom is -0.378 e. The Morgan fingerprint density at radius 1 is 1.69 bits per heavy atom. The third kappa shape index (κ3) is 1.56. The van der Waals surface area contributed by atoms with Gasteiger partial charge in [-0.1, -0.05) is 11.6 Å². The van der Waals surface area contributed by atoms with Gasteiger partial charge >= 0.3 is 0 Å². The molecule has 0 bridgehead atoms. The molecule has 0 aromatic carbocycles. The number of hydrogen-bond acceptors (Lipinski definition) is 3. The summed E-state index contributed by atoms with van der Waals surface area (Å²) in [5.41, 5.74) is 1.02. The smallest absolute Gasteiger partial charge is 0.151 e. The van der Waals surface area contributed by atoms with E-state index >= 15 is 0 Å². The fourth-order valence-electron chi connectivity index (χ4n) is 1.65. The van der Waals surface area contributed by atoms with Gasteiger partial charge in [-0.25, -0.2) is 4.98 Å². The van der Waals surface area contributed by atoms with E-state index in [1.165, 1.54) is 0 Å². The van der Waals surface area contributed by atoms with Gasteiger partial charge in [-0.05, 0) is 13.0 Å². The normalized spacial score (nSPS) is 20.8. The summed E-state index contributed by atoms with van der Waals surface area (Å²) in [5.74, 6) is 0.975. The summed E-state index contributed by atoms with van der Waals surface area (Å²) < 4.78 is 0. The lowest BCUT2D eigenvalue weighted by Crippen LogP contribution is -2.37. The highest BCUT2D eigenvalue weighted by Gasteiger charge is 2.19. The first-order valence-electron chi connectivity index (χ1n) is 4.30. The number of nitrogens with zero attached hydrogens (tertiary/aromatic N) is 2. The van der Waals surface area contributed by atoms with E-state index in [0.29, 0.717) is 11.1 Å². The van der Waals surface area contributed by atoms with Crippen molar-refractivity contribution in [1.29, 1.82) is 0 Å². The van der Waals surface area contributed by atoms with E-state index in [4.69, 9.17) is 11.6 Å². The molecule has 1 aliphatic heterocycles. The average molecular weight is 198 g/mol. The third-order valence-electron chi connectivity index (χ3n) is 2.14. The van der Waals surface area contributed by atoms with Crippen molar-refractivity contribution in [3.8, 4) is 0 Å². The molecule has 4 heteroatoms. The Balaban J connectivity index is 2.43. The van der Waals surface area contributed by atoms with Crippen molar-refractivity contribution in [3.05, 3.63) is 17.3 Å². The Morgan fingerprint density at radius 2 is 2.46 bits per heavy atom. The number of likely N-dealkylation sites (N-methyl/N-ethyl adjacent to an activating group) is 1. The summed E-state index contributed by atoms with van der Waals surface area (Å²) in [5, 5.41) is 4.02. The minimum absolute atomic E-state index is 0.442. The topological polar surface area (TPSA) is 28.2 Å². The van der Waals surface area contributed by atoms with E-state index in [0.717, 1.165) is 18.1 Å². The van der Waals surface area contributed by atoms with Crippen LogP contribution in [0.3, 0.4) is 0 Å². The number of pyridine rings is 1. The second-order valence-corrected chi connectivity index (χ2v) is 3.89. The Morgan fingerprint density at radius 3 is 3.23 bits per heavy atom. The van der Waals surface area contributed by atoms with Crippen LogP contribution in [0.4, 0.5) is 11.5 Å². The van der Waals surface area contributed by atoms with Crippen LogP contribution in [0.1, 0.15) is 6.92 Å².